The molecule has 0 radical (unpaired) electrons. The van der Waals surface area contributed by atoms with Crippen LogP contribution in [0.1, 0.15) is 53.7 Å². The van der Waals surface area contributed by atoms with Crippen LogP contribution >= 0.6 is 0 Å². The highest BCUT2D eigenvalue weighted by molar-refractivity contribution is 6.05. The Morgan fingerprint density at radius 2 is 2.12 bits per heavy atom. The molecule has 6 heteroatoms. The summed E-state index contributed by atoms with van der Waals surface area (Å²) in [5, 5.41) is 5.69. The molecule has 1 aromatic carbocycles. The Kier molecular flexibility index (Phi) is 2.83. The first-order chi connectivity index (χ1) is 11.7. The summed E-state index contributed by atoms with van der Waals surface area (Å²) in [5.74, 6) is 2.46. The predicted octanol–water partition coefficient (Wildman–Crippen LogP) is 2.85. The number of carbonyl (C=O) groups is 1. The minimum Gasteiger partial charge on any atom is -0.361 e. The molecule has 24 heavy (non-hydrogen) atoms. The lowest BCUT2D eigenvalue weighted by Gasteiger charge is -2.33. The molecule has 0 spiro atoms. The number of para-hydroxylation sites is 1. The Bertz CT molecular complexity index is 936. The number of rotatable bonds is 2. The van der Waals surface area contributed by atoms with Crippen molar-refractivity contribution in [2.45, 2.75) is 38.3 Å². The van der Waals surface area contributed by atoms with Crippen LogP contribution in [0, 0.1) is 0 Å². The first kappa shape index (κ1) is 13.8. The van der Waals surface area contributed by atoms with Gasteiger partial charge in [0.25, 0.3) is 5.91 Å². The quantitative estimate of drug-likeness (QED) is 0.789. The van der Waals surface area contributed by atoms with Gasteiger partial charge in [0.05, 0.1) is 23.7 Å². The summed E-state index contributed by atoms with van der Waals surface area (Å²) in [5.41, 5.74) is 1.63. The maximum absolute atomic E-state index is 13.1. The standard InChI is InChI=1S/C18H19N5O/c1-11-17-20-16(13-5-6-13)21-23(17)10-9-22(11)18(24)14-4-2-3-12-7-8-19-15(12)14/h2-4,7-8,11,13,19H,5-6,9-10H2,1H3/t11-/m1/s1. The zero-order valence-corrected chi connectivity index (χ0v) is 13.6. The molecule has 0 saturated heterocycles. The fourth-order valence-electron chi connectivity index (χ4n) is 3.59. The number of hydrogen-bond acceptors (Lipinski definition) is 3. The van der Waals surface area contributed by atoms with Gasteiger partial charge in [0.1, 0.15) is 5.82 Å². The lowest BCUT2D eigenvalue weighted by Crippen LogP contribution is -2.41. The number of fused-ring (bicyclic) bond motifs is 2. The van der Waals surface area contributed by atoms with Crippen LogP contribution in [-0.2, 0) is 6.54 Å². The fraction of sp³-hybridized carbons (Fsp3) is 0.389. The van der Waals surface area contributed by atoms with Crippen molar-refractivity contribution in [1.29, 1.82) is 0 Å². The predicted molar refractivity (Wildman–Crippen MR) is 89.7 cm³/mol. The molecule has 1 atom stereocenters. The Morgan fingerprint density at radius 1 is 1.25 bits per heavy atom. The van der Waals surface area contributed by atoms with Gasteiger partial charge in [-0.3, -0.25) is 4.79 Å². The van der Waals surface area contributed by atoms with Gasteiger partial charge < -0.3 is 9.88 Å². The molecule has 0 bridgehead atoms. The van der Waals surface area contributed by atoms with E-state index in [2.05, 4.69) is 10.1 Å². The topological polar surface area (TPSA) is 66.8 Å². The third-order valence-corrected chi connectivity index (χ3v) is 5.13. The van der Waals surface area contributed by atoms with Gasteiger partial charge in [-0.15, -0.1) is 0 Å². The zero-order chi connectivity index (χ0) is 16.3. The summed E-state index contributed by atoms with van der Waals surface area (Å²) in [7, 11) is 0. The minimum absolute atomic E-state index is 0.0535. The third-order valence-electron chi connectivity index (χ3n) is 5.13. The highest BCUT2D eigenvalue weighted by Crippen LogP contribution is 2.39. The highest BCUT2D eigenvalue weighted by atomic mass is 16.2. The van der Waals surface area contributed by atoms with Crippen LogP contribution in [0.4, 0.5) is 0 Å². The average molecular weight is 321 g/mol. The molecule has 5 rings (SSSR count). The summed E-state index contributed by atoms with van der Waals surface area (Å²) in [6, 6.07) is 7.77. The van der Waals surface area contributed by atoms with E-state index in [1.165, 1.54) is 12.8 Å². The highest BCUT2D eigenvalue weighted by Gasteiger charge is 2.35. The van der Waals surface area contributed by atoms with Crippen molar-refractivity contribution in [2.75, 3.05) is 6.54 Å². The van der Waals surface area contributed by atoms with Crippen LogP contribution in [-0.4, -0.2) is 37.1 Å². The number of H-pyrrole nitrogens is 1. The van der Waals surface area contributed by atoms with Crippen molar-refractivity contribution in [3.8, 4) is 0 Å². The second-order valence-electron chi connectivity index (χ2n) is 6.75. The largest absolute Gasteiger partial charge is 0.361 e. The normalized spacial score (nSPS) is 20.4. The van der Waals surface area contributed by atoms with Crippen LogP contribution in [0.25, 0.3) is 10.9 Å². The van der Waals surface area contributed by atoms with Gasteiger partial charge in [0.2, 0.25) is 0 Å². The maximum atomic E-state index is 13.1. The summed E-state index contributed by atoms with van der Waals surface area (Å²) < 4.78 is 1.98. The summed E-state index contributed by atoms with van der Waals surface area (Å²) in [6.07, 6.45) is 4.25. The molecule has 6 nitrogen and oxygen atoms in total. The minimum atomic E-state index is -0.0588. The van der Waals surface area contributed by atoms with E-state index in [9.17, 15) is 4.79 Å². The van der Waals surface area contributed by atoms with Crippen molar-refractivity contribution in [3.63, 3.8) is 0 Å². The molecule has 3 aromatic rings. The average Bonchev–Trinajstić information content (AvgIpc) is 3.17. The van der Waals surface area contributed by atoms with E-state index < -0.39 is 0 Å². The van der Waals surface area contributed by atoms with E-state index >= 15 is 0 Å². The van der Waals surface area contributed by atoms with Gasteiger partial charge in [-0.25, -0.2) is 9.67 Å². The Hall–Kier alpha value is -2.63. The number of hydrogen-bond donors (Lipinski definition) is 1. The van der Waals surface area contributed by atoms with E-state index in [4.69, 9.17) is 4.98 Å². The summed E-state index contributed by atoms with van der Waals surface area (Å²) >= 11 is 0. The number of carbonyl (C=O) groups excluding carboxylic acids is 1. The van der Waals surface area contributed by atoms with Gasteiger partial charge in [-0.2, -0.15) is 5.10 Å². The first-order valence-corrected chi connectivity index (χ1v) is 8.54. The number of benzene rings is 1. The molecule has 1 amide bonds. The molecule has 1 aliphatic heterocycles. The monoisotopic (exact) mass is 321 g/mol. The van der Waals surface area contributed by atoms with Gasteiger partial charge >= 0.3 is 0 Å². The molecule has 1 N–H and O–H groups in total. The molecule has 122 valence electrons. The summed E-state index contributed by atoms with van der Waals surface area (Å²) in [6.45, 7) is 3.42. The second kappa shape index (κ2) is 4.93. The maximum Gasteiger partial charge on any atom is 0.256 e. The Labute approximate surface area is 139 Å². The van der Waals surface area contributed by atoms with Gasteiger partial charge in [0.15, 0.2) is 5.82 Å². The number of amides is 1. The van der Waals surface area contributed by atoms with Gasteiger partial charge in [-0.1, -0.05) is 12.1 Å². The van der Waals surface area contributed by atoms with Crippen molar-refractivity contribution in [1.82, 2.24) is 24.6 Å². The van der Waals surface area contributed by atoms with Crippen molar-refractivity contribution in [3.05, 3.63) is 47.7 Å². The molecule has 3 heterocycles. The van der Waals surface area contributed by atoms with Gasteiger partial charge in [0, 0.05) is 24.0 Å². The number of aromatic amines is 1. The number of nitrogens with zero attached hydrogens (tertiary/aromatic N) is 4. The van der Waals surface area contributed by atoms with Crippen LogP contribution in [0.15, 0.2) is 30.5 Å². The molecule has 1 fully saturated rings. The number of aromatic nitrogens is 4. The second-order valence-corrected chi connectivity index (χ2v) is 6.75. The SMILES string of the molecule is C[C@@H]1c2nc(C3CC3)nn2CCN1C(=O)c1cccc2cc[nH]c12. The van der Waals surface area contributed by atoms with Crippen LogP contribution < -0.4 is 0 Å². The molecule has 1 aliphatic carbocycles. The van der Waals surface area contributed by atoms with E-state index in [1.54, 1.807) is 0 Å². The lowest BCUT2D eigenvalue weighted by molar-refractivity contribution is 0.0632. The molecule has 2 aromatic heterocycles. The molecular weight excluding hydrogens is 302 g/mol. The smallest absolute Gasteiger partial charge is 0.256 e. The van der Waals surface area contributed by atoms with E-state index in [0.29, 0.717) is 19.0 Å². The van der Waals surface area contributed by atoms with E-state index in [0.717, 1.165) is 28.1 Å². The molecule has 2 aliphatic rings. The van der Waals surface area contributed by atoms with Crippen LogP contribution in [0.2, 0.25) is 0 Å². The Morgan fingerprint density at radius 3 is 2.96 bits per heavy atom. The van der Waals surface area contributed by atoms with Crippen molar-refractivity contribution < 1.29 is 4.79 Å². The fourth-order valence-corrected chi connectivity index (χ4v) is 3.59. The first-order valence-electron chi connectivity index (χ1n) is 8.54. The molecule has 0 unspecified atom stereocenters. The third kappa shape index (κ3) is 1.99. The molecular formula is C18H19N5O. The van der Waals surface area contributed by atoms with Crippen LogP contribution in [0.3, 0.4) is 0 Å². The molecule has 1 saturated carbocycles. The zero-order valence-electron chi connectivity index (χ0n) is 13.6. The van der Waals surface area contributed by atoms with E-state index in [-0.39, 0.29) is 11.9 Å². The van der Waals surface area contributed by atoms with Crippen molar-refractivity contribution in [2.24, 2.45) is 0 Å². The summed E-state index contributed by atoms with van der Waals surface area (Å²) in [4.78, 5) is 23.0. The van der Waals surface area contributed by atoms with Crippen LogP contribution in [0.5, 0.6) is 0 Å². The van der Waals surface area contributed by atoms with Gasteiger partial charge in [-0.05, 0) is 31.9 Å². The number of nitrogens with one attached hydrogen (secondary N) is 1. The lowest BCUT2D eigenvalue weighted by atomic mass is 10.1. The van der Waals surface area contributed by atoms with E-state index in [1.807, 2.05) is 47.0 Å². The van der Waals surface area contributed by atoms with Crippen molar-refractivity contribution >= 4 is 16.8 Å². The Balaban J connectivity index is 1.50.